The van der Waals surface area contributed by atoms with E-state index >= 15 is 0 Å². The average Bonchev–Trinajstić information content (AvgIpc) is 3.08. The summed E-state index contributed by atoms with van der Waals surface area (Å²) in [5, 5.41) is 12.4. The van der Waals surface area contributed by atoms with Gasteiger partial charge < -0.3 is 5.11 Å². The molecule has 2 N–H and O–H groups in total. The lowest BCUT2D eigenvalue weighted by molar-refractivity contribution is 0.429. The number of aromatic nitrogens is 2. The Morgan fingerprint density at radius 3 is 2.56 bits per heavy atom. The third kappa shape index (κ3) is 3.01. The normalized spacial score (nSPS) is 13.9. The predicted octanol–water partition coefficient (Wildman–Crippen LogP) is 1.25. The van der Waals surface area contributed by atoms with Crippen molar-refractivity contribution in [1.29, 1.82) is 0 Å². The first-order chi connectivity index (χ1) is 13.1. The molecule has 0 aliphatic carbocycles. The quantitative estimate of drug-likeness (QED) is 0.738. The molecule has 3 aromatic rings. The lowest BCUT2D eigenvalue weighted by atomic mass is 10.1. The molecule has 6 nitrogen and oxygen atoms in total. The number of para-hydroxylation sites is 1. The van der Waals surface area contributed by atoms with Crippen molar-refractivity contribution >= 4 is 12.2 Å². The van der Waals surface area contributed by atoms with E-state index in [-0.39, 0.29) is 5.56 Å². The van der Waals surface area contributed by atoms with Gasteiger partial charge >= 0.3 is 5.69 Å². The first-order valence-corrected chi connectivity index (χ1v) is 8.61. The van der Waals surface area contributed by atoms with Gasteiger partial charge in [-0.15, -0.1) is 0 Å². The second kappa shape index (κ2) is 6.57. The molecule has 0 fully saturated rings. The molecule has 0 saturated heterocycles. The highest BCUT2D eigenvalue weighted by Gasteiger charge is 2.15. The number of H-pyrrole nitrogens is 1. The largest absolute Gasteiger partial charge is 0.494 e. The van der Waals surface area contributed by atoms with E-state index in [0.717, 1.165) is 27.1 Å². The predicted molar refractivity (Wildman–Crippen MR) is 103 cm³/mol. The summed E-state index contributed by atoms with van der Waals surface area (Å²) in [6.45, 7) is 2.03. The van der Waals surface area contributed by atoms with Gasteiger partial charge in [0.1, 0.15) is 5.56 Å². The highest BCUT2D eigenvalue weighted by atomic mass is 16.3. The lowest BCUT2D eigenvalue weighted by Crippen LogP contribution is -2.30. The van der Waals surface area contributed by atoms with Crippen molar-refractivity contribution in [2.24, 2.45) is 4.99 Å². The average molecular weight is 359 g/mol. The Balaban J connectivity index is 1.88. The van der Waals surface area contributed by atoms with Gasteiger partial charge in [0.2, 0.25) is 5.88 Å². The zero-order chi connectivity index (χ0) is 19.0. The fourth-order valence-corrected chi connectivity index (χ4v) is 3.05. The number of benzene rings is 2. The van der Waals surface area contributed by atoms with Gasteiger partial charge in [0.15, 0.2) is 0 Å². The Labute approximate surface area is 154 Å². The van der Waals surface area contributed by atoms with Crippen LogP contribution in [-0.2, 0) is 6.42 Å². The van der Waals surface area contributed by atoms with Crippen molar-refractivity contribution in [3.8, 4) is 11.6 Å². The molecular formula is C21H17N3O3. The third-order valence-corrected chi connectivity index (χ3v) is 4.51. The molecule has 1 aliphatic heterocycles. The monoisotopic (exact) mass is 359 g/mol. The molecule has 0 unspecified atom stereocenters. The number of nitrogens with one attached hydrogen (secondary N) is 1. The number of aromatic amines is 1. The van der Waals surface area contributed by atoms with Crippen LogP contribution in [0.3, 0.4) is 0 Å². The van der Waals surface area contributed by atoms with E-state index in [1.807, 2.05) is 49.4 Å². The van der Waals surface area contributed by atoms with Crippen LogP contribution in [0.4, 0.5) is 0 Å². The number of aromatic hydroxyl groups is 1. The molecule has 0 radical (unpaired) electrons. The minimum Gasteiger partial charge on any atom is -0.494 e. The van der Waals surface area contributed by atoms with E-state index in [1.54, 1.807) is 12.1 Å². The summed E-state index contributed by atoms with van der Waals surface area (Å²) in [7, 11) is 0. The van der Waals surface area contributed by atoms with Gasteiger partial charge in [-0.05, 0) is 42.3 Å². The fourth-order valence-electron chi connectivity index (χ4n) is 3.05. The van der Waals surface area contributed by atoms with Crippen LogP contribution >= 0.6 is 0 Å². The summed E-state index contributed by atoms with van der Waals surface area (Å²) < 4.78 is 1.08. The first kappa shape index (κ1) is 16.8. The van der Waals surface area contributed by atoms with Gasteiger partial charge in [-0.1, -0.05) is 37.3 Å². The van der Waals surface area contributed by atoms with E-state index in [4.69, 9.17) is 0 Å². The summed E-state index contributed by atoms with van der Waals surface area (Å²) >= 11 is 0. The summed E-state index contributed by atoms with van der Waals surface area (Å²) in [5.74, 6) is -0.417. The van der Waals surface area contributed by atoms with E-state index in [2.05, 4.69) is 9.98 Å². The molecule has 27 heavy (non-hydrogen) atoms. The Bertz CT molecular complexity index is 1260. The van der Waals surface area contributed by atoms with Crippen LogP contribution in [0.1, 0.15) is 18.1 Å². The van der Waals surface area contributed by atoms with Crippen molar-refractivity contribution in [1.82, 2.24) is 9.55 Å². The van der Waals surface area contributed by atoms with E-state index in [9.17, 15) is 14.7 Å². The Hall–Kier alpha value is -3.67. The molecule has 0 amide bonds. The molecule has 2 heterocycles. The number of allylic oxidation sites excluding steroid dienone is 1. The fraction of sp³-hybridized carbons (Fsp3) is 0.0952. The number of nitrogens with zero attached hydrogens (tertiary/aromatic N) is 2. The first-order valence-electron chi connectivity index (χ1n) is 8.61. The van der Waals surface area contributed by atoms with E-state index < -0.39 is 17.1 Å². The number of hydrogen-bond donors (Lipinski definition) is 2. The molecule has 0 atom stereocenters. The second-order valence-electron chi connectivity index (χ2n) is 6.24. The van der Waals surface area contributed by atoms with Crippen LogP contribution in [0.2, 0.25) is 0 Å². The molecule has 0 bridgehead atoms. The Morgan fingerprint density at radius 1 is 1.11 bits per heavy atom. The van der Waals surface area contributed by atoms with Crippen LogP contribution in [-0.4, -0.2) is 14.7 Å². The van der Waals surface area contributed by atoms with Crippen molar-refractivity contribution in [2.45, 2.75) is 13.3 Å². The molecule has 0 spiro atoms. The van der Waals surface area contributed by atoms with Crippen LogP contribution in [0.25, 0.3) is 17.8 Å². The molecule has 4 rings (SSSR count). The Kier molecular flexibility index (Phi) is 4.08. The second-order valence-corrected chi connectivity index (χ2v) is 6.24. The zero-order valence-corrected chi connectivity index (χ0v) is 14.6. The van der Waals surface area contributed by atoms with Gasteiger partial charge in [0.05, 0.1) is 16.7 Å². The standard InChI is InChI=1S/C21H17N3O3/c1-2-13-7-9-16(10-8-13)24-20(26)17(19(25)23-21(24)27)12-15-11-14-5-3-4-6-18(14)22-15/h3-12,26H,2H2,1H3,(H,23,25,27)/b15-12+. The van der Waals surface area contributed by atoms with E-state index in [1.165, 1.54) is 6.08 Å². The molecule has 6 heteroatoms. The highest BCUT2D eigenvalue weighted by Crippen LogP contribution is 2.20. The third-order valence-electron chi connectivity index (χ3n) is 4.51. The van der Waals surface area contributed by atoms with Gasteiger partial charge in [0, 0.05) is 5.22 Å². The van der Waals surface area contributed by atoms with Gasteiger partial charge in [-0.2, -0.15) is 0 Å². The molecule has 2 aromatic carbocycles. The summed E-state index contributed by atoms with van der Waals surface area (Å²) in [5.41, 5.74) is 0.738. The smallest absolute Gasteiger partial charge is 0.335 e. The Morgan fingerprint density at radius 2 is 1.85 bits per heavy atom. The van der Waals surface area contributed by atoms with Crippen molar-refractivity contribution in [3.63, 3.8) is 0 Å². The van der Waals surface area contributed by atoms with Crippen molar-refractivity contribution < 1.29 is 5.11 Å². The number of aryl methyl sites for hydroxylation is 1. The molecule has 0 saturated carbocycles. The van der Waals surface area contributed by atoms with Crippen LogP contribution in [0.5, 0.6) is 5.88 Å². The van der Waals surface area contributed by atoms with Crippen molar-refractivity contribution in [2.75, 3.05) is 0 Å². The van der Waals surface area contributed by atoms with Gasteiger partial charge in [-0.25, -0.2) is 14.4 Å². The minimum atomic E-state index is -0.695. The molecular weight excluding hydrogens is 342 g/mol. The molecule has 1 aliphatic rings. The van der Waals surface area contributed by atoms with Crippen LogP contribution < -0.4 is 21.8 Å². The number of rotatable bonds is 3. The summed E-state index contributed by atoms with van der Waals surface area (Å²) in [6, 6.07) is 14.8. The zero-order valence-electron chi connectivity index (χ0n) is 14.6. The van der Waals surface area contributed by atoms with Crippen molar-refractivity contribution in [3.05, 3.63) is 96.8 Å². The maximum Gasteiger partial charge on any atom is 0.335 e. The maximum absolute atomic E-state index is 12.3. The van der Waals surface area contributed by atoms with E-state index in [0.29, 0.717) is 11.4 Å². The summed E-state index contributed by atoms with van der Waals surface area (Å²) in [4.78, 5) is 31.2. The minimum absolute atomic E-state index is 0.0167. The summed E-state index contributed by atoms with van der Waals surface area (Å²) in [6.07, 6.45) is 4.16. The number of fused-ring (bicyclic) bond motifs is 1. The van der Waals surface area contributed by atoms with Crippen LogP contribution in [0, 0.1) is 0 Å². The molecule has 134 valence electrons. The van der Waals surface area contributed by atoms with Gasteiger partial charge in [-0.3, -0.25) is 9.78 Å². The lowest BCUT2D eigenvalue weighted by Gasteiger charge is -2.10. The van der Waals surface area contributed by atoms with Crippen LogP contribution in [0.15, 0.2) is 68.8 Å². The number of hydrogen-bond acceptors (Lipinski definition) is 4. The highest BCUT2D eigenvalue weighted by molar-refractivity contribution is 5.67. The maximum atomic E-state index is 12.3. The van der Waals surface area contributed by atoms with Gasteiger partial charge in [0.25, 0.3) is 5.56 Å². The SMILES string of the molecule is CCc1ccc(-n2c(O)c(/C=C3\C=c4ccccc4=N3)c(=O)[nH]c2=O)cc1. The topological polar surface area (TPSA) is 87.4 Å². The molecule has 1 aromatic heterocycles.